The summed E-state index contributed by atoms with van der Waals surface area (Å²) in [6, 6.07) is 0. The van der Waals surface area contributed by atoms with Gasteiger partial charge >= 0.3 is 6.09 Å². The van der Waals surface area contributed by atoms with Crippen LogP contribution in [-0.4, -0.2) is 49.5 Å². The lowest BCUT2D eigenvalue weighted by atomic mass is 9.97. The molecule has 0 aromatic rings. The molecule has 2 unspecified atom stereocenters. The van der Waals surface area contributed by atoms with Crippen LogP contribution >= 0.6 is 0 Å². The number of rotatable bonds is 5. The summed E-state index contributed by atoms with van der Waals surface area (Å²) in [6.45, 7) is 5.88. The van der Waals surface area contributed by atoms with Crippen molar-refractivity contribution < 1.29 is 24.1 Å². The van der Waals surface area contributed by atoms with Gasteiger partial charge in [0.1, 0.15) is 11.7 Å². The largest absolute Gasteiger partial charge is 0.444 e. The van der Waals surface area contributed by atoms with Gasteiger partial charge in [0.05, 0.1) is 0 Å². The maximum atomic E-state index is 11.5. The lowest BCUT2D eigenvalue weighted by molar-refractivity contribution is -0.203. The summed E-state index contributed by atoms with van der Waals surface area (Å²) < 4.78 is 15.4. The number of methoxy groups -OCH3 is 2. The first kappa shape index (κ1) is 17.7. The Bertz CT molecular complexity index is 424. The van der Waals surface area contributed by atoms with E-state index in [9.17, 15) is 9.90 Å². The maximum absolute atomic E-state index is 11.5. The second kappa shape index (κ2) is 7.06. The van der Waals surface area contributed by atoms with Gasteiger partial charge in [0.25, 0.3) is 0 Å². The van der Waals surface area contributed by atoms with Gasteiger partial charge in [-0.3, -0.25) is 0 Å². The molecule has 120 valence electrons. The van der Waals surface area contributed by atoms with Crippen LogP contribution in [0.15, 0.2) is 23.8 Å². The molecule has 0 saturated carbocycles. The summed E-state index contributed by atoms with van der Waals surface area (Å²) in [4.78, 5) is 11.5. The minimum atomic E-state index is -1.45. The summed E-state index contributed by atoms with van der Waals surface area (Å²) in [5.41, 5.74) is 0.434. The first-order valence-corrected chi connectivity index (χ1v) is 6.87. The van der Waals surface area contributed by atoms with Crippen LogP contribution in [0.25, 0.3) is 0 Å². The summed E-state index contributed by atoms with van der Waals surface area (Å²) >= 11 is 0. The van der Waals surface area contributed by atoms with E-state index in [0.717, 1.165) is 5.57 Å². The quantitative estimate of drug-likeness (QED) is 0.756. The average Bonchev–Trinajstić information content (AvgIpc) is 2.38. The van der Waals surface area contributed by atoms with Crippen LogP contribution in [0.2, 0.25) is 0 Å². The molecule has 0 bridgehead atoms. The molecule has 1 aliphatic carbocycles. The van der Waals surface area contributed by atoms with Crippen molar-refractivity contribution in [3.63, 3.8) is 0 Å². The predicted molar refractivity (Wildman–Crippen MR) is 78.8 cm³/mol. The number of alkyl carbamates (subject to hydrolysis) is 1. The Labute approximate surface area is 125 Å². The Morgan fingerprint density at radius 1 is 1.43 bits per heavy atom. The fourth-order valence-electron chi connectivity index (χ4n) is 1.90. The minimum Gasteiger partial charge on any atom is -0.444 e. The topological polar surface area (TPSA) is 77.0 Å². The van der Waals surface area contributed by atoms with Gasteiger partial charge in [-0.2, -0.15) is 0 Å². The third kappa shape index (κ3) is 5.49. The van der Waals surface area contributed by atoms with Crippen LogP contribution in [0.1, 0.15) is 27.2 Å². The van der Waals surface area contributed by atoms with Crippen LogP contribution < -0.4 is 5.32 Å². The number of ether oxygens (including phenoxy) is 3. The summed E-state index contributed by atoms with van der Waals surface area (Å²) in [6.07, 6.45) is 4.67. The van der Waals surface area contributed by atoms with Crippen molar-refractivity contribution in [3.05, 3.63) is 23.8 Å². The van der Waals surface area contributed by atoms with Gasteiger partial charge in [0.2, 0.25) is 5.79 Å². The predicted octanol–water partition coefficient (Wildman–Crippen LogP) is 1.75. The highest BCUT2D eigenvalue weighted by Crippen LogP contribution is 2.25. The fraction of sp³-hybridized carbons (Fsp3) is 0.667. The monoisotopic (exact) mass is 299 g/mol. The van der Waals surface area contributed by atoms with Crippen LogP contribution in [-0.2, 0) is 14.2 Å². The molecule has 1 rings (SSSR count). The maximum Gasteiger partial charge on any atom is 0.407 e. The summed E-state index contributed by atoms with van der Waals surface area (Å²) in [7, 11) is 2.92. The van der Waals surface area contributed by atoms with Gasteiger partial charge in [0, 0.05) is 20.8 Å². The Hall–Kier alpha value is -1.37. The van der Waals surface area contributed by atoms with Gasteiger partial charge in [0.15, 0.2) is 0 Å². The molecular formula is C15H25NO5. The zero-order valence-corrected chi connectivity index (χ0v) is 13.3. The van der Waals surface area contributed by atoms with E-state index in [-0.39, 0.29) is 0 Å². The van der Waals surface area contributed by atoms with E-state index in [4.69, 9.17) is 14.2 Å². The molecule has 2 atom stereocenters. The fourth-order valence-corrected chi connectivity index (χ4v) is 1.90. The van der Waals surface area contributed by atoms with E-state index in [2.05, 4.69) is 5.32 Å². The molecule has 0 fully saturated rings. The molecule has 0 radical (unpaired) electrons. The molecule has 0 saturated heterocycles. The molecule has 0 aromatic heterocycles. The molecule has 0 aromatic carbocycles. The SMILES string of the molecule is COC1C=C(CCNC(=O)OC(C)(C)C)C=CC1(O)OC. The van der Waals surface area contributed by atoms with Crippen molar-refractivity contribution >= 4 is 6.09 Å². The molecule has 0 heterocycles. The number of carbonyl (C=O) groups is 1. The minimum absolute atomic E-state index is 0.437. The van der Waals surface area contributed by atoms with Gasteiger partial charge in [-0.05, 0) is 44.9 Å². The molecule has 2 N–H and O–H groups in total. The smallest absolute Gasteiger partial charge is 0.407 e. The van der Waals surface area contributed by atoms with Crippen LogP contribution in [0.5, 0.6) is 0 Å². The standard InChI is InChI=1S/C15H25NO5/c1-14(2,3)21-13(17)16-9-7-11-6-8-15(18,20-5)12(10-11)19-4/h6,8,10,12,18H,7,9H2,1-5H3,(H,16,17). The lowest BCUT2D eigenvalue weighted by Crippen LogP contribution is -2.44. The van der Waals surface area contributed by atoms with Gasteiger partial charge in [-0.25, -0.2) is 4.79 Å². The van der Waals surface area contributed by atoms with Gasteiger partial charge in [-0.1, -0.05) is 6.08 Å². The summed E-state index contributed by atoms with van der Waals surface area (Å²) in [5.74, 6) is -1.45. The van der Waals surface area contributed by atoms with Crippen molar-refractivity contribution in [3.8, 4) is 0 Å². The number of hydrogen-bond donors (Lipinski definition) is 2. The molecule has 1 aliphatic rings. The normalized spacial score (nSPS) is 25.4. The highest BCUT2D eigenvalue weighted by molar-refractivity contribution is 5.67. The number of allylic oxidation sites excluding steroid dienone is 1. The molecule has 21 heavy (non-hydrogen) atoms. The van der Waals surface area contributed by atoms with Gasteiger partial charge < -0.3 is 24.6 Å². The first-order chi connectivity index (χ1) is 9.70. The number of hydrogen-bond acceptors (Lipinski definition) is 5. The van der Waals surface area contributed by atoms with Crippen molar-refractivity contribution in [2.75, 3.05) is 20.8 Å². The molecule has 0 spiro atoms. The zero-order valence-electron chi connectivity index (χ0n) is 13.3. The van der Waals surface area contributed by atoms with Crippen molar-refractivity contribution in [1.82, 2.24) is 5.32 Å². The number of carbonyl (C=O) groups excluding carboxylic acids is 1. The highest BCUT2D eigenvalue weighted by Gasteiger charge is 2.35. The lowest BCUT2D eigenvalue weighted by Gasteiger charge is -2.32. The third-order valence-corrected chi connectivity index (χ3v) is 2.97. The van der Waals surface area contributed by atoms with Crippen LogP contribution in [0.4, 0.5) is 4.79 Å². The highest BCUT2D eigenvalue weighted by atomic mass is 16.6. The Morgan fingerprint density at radius 3 is 2.62 bits per heavy atom. The van der Waals surface area contributed by atoms with E-state index >= 15 is 0 Å². The van der Waals surface area contributed by atoms with Gasteiger partial charge in [-0.15, -0.1) is 0 Å². The number of aliphatic hydroxyl groups is 1. The number of amides is 1. The average molecular weight is 299 g/mol. The van der Waals surface area contributed by atoms with E-state index in [1.54, 1.807) is 18.2 Å². The van der Waals surface area contributed by atoms with E-state index < -0.39 is 23.6 Å². The van der Waals surface area contributed by atoms with Crippen molar-refractivity contribution in [2.24, 2.45) is 0 Å². The second-order valence-corrected chi connectivity index (χ2v) is 5.87. The van der Waals surface area contributed by atoms with Crippen molar-refractivity contribution in [1.29, 1.82) is 0 Å². The second-order valence-electron chi connectivity index (χ2n) is 5.87. The molecule has 0 aliphatic heterocycles. The Kier molecular flexibility index (Phi) is 5.95. The summed E-state index contributed by atoms with van der Waals surface area (Å²) in [5, 5.41) is 12.8. The first-order valence-electron chi connectivity index (χ1n) is 6.87. The van der Waals surface area contributed by atoms with Crippen LogP contribution in [0.3, 0.4) is 0 Å². The molecular weight excluding hydrogens is 274 g/mol. The molecule has 1 amide bonds. The molecule has 6 heteroatoms. The van der Waals surface area contributed by atoms with E-state index in [0.29, 0.717) is 13.0 Å². The van der Waals surface area contributed by atoms with E-state index in [1.165, 1.54) is 14.2 Å². The zero-order chi connectivity index (χ0) is 16.1. The Morgan fingerprint density at radius 2 is 2.10 bits per heavy atom. The molecule has 6 nitrogen and oxygen atoms in total. The third-order valence-electron chi connectivity index (χ3n) is 2.97. The van der Waals surface area contributed by atoms with Crippen molar-refractivity contribution in [2.45, 2.75) is 44.7 Å². The Balaban J connectivity index is 2.47. The van der Waals surface area contributed by atoms with E-state index in [1.807, 2.05) is 20.8 Å². The number of nitrogens with one attached hydrogen (secondary N) is 1. The van der Waals surface area contributed by atoms with Crippen LogP contribution in [0, 0.1) is 0 Å².